The predicted molar refractivity (Wildman–Crippen MR) is 140 cm³/mol. The molecule has 4 heteroatoms. The van der Waals surface area contributed by atoms with Crippen molar-refractivity contribution < 1.29 is 7.58 Å². The van der Waals surface area contributed by atoms with Crippen LogP contribution in [-0.4, -0.2) is 13.9 Å². The minimum absolute atomic E-state index is 0.794. The molecule has 2 aromatic rings. The fraction of sp³-hybridized carbons (Fsp3) is 0.571. The zero-order valence-electron chi connectivity index (χ0n) is 20.3. The summed E-state index contributed by atoms with van der Waals surface area (Å²) in [7, 11) is 6.41. The first kappa shape index (κ1) is 27.1. The molecule has 2 aromatic carbocycles. The van der Waals surface area contributed by atoms with Gasteiger partial charge in [-0.2, -0.15) is 10.0 Å². The van der Waals surface area contributed by atoms with Gasteiger partial charge >= 0.3 is 13.9 Å². The van der Waals surface area contributed by atoms with Gasteiger partial charge in [-0.05, 0) is 61.1 Å². The Labute approximate surface area is 205 Å². The SMILES string of the molecule is CCCCCCCCc1ccc([O][Al]([Cl])[O]c2ccc(CCCCCCCC)cc2)cc1. The van der Waals surface area contributed by atoms with Crippen LogP contribution in [0.5, 0.6) is 11.5 Å². The fourth-order valence-electron chi connectivity index (χ4n) is 3.93. The van der Waals surface area contributed by atoms with Crippen LogP contribution in [0, 0.1) is 0 Å². The minimum atomic E-state index is -2.29. The van der Waals surface area contributed by atoms with Crippen LogP contribution >= 0.6 is 10.0 Å². The molecule has 0 heterocycles. The highest BCUT2D eigenvalue weighted by Crippen LogP contribution is 2.20. The second-order valence-electron chi connectivity index (χ2n) is 8.83. The van der Waals surface area contributed by atoms with Gasteiger partial charge in [-0.3, -0.25) is 0 Å². The predicted octanol–water partition coefficient (Wildman–Crippen LogP) is 9.17. The fourth-order valence-corrected chi connectivity index (χ4v) is 5.33. The van der Waals surface area contributed by atoms with E-state index >= 15 is 0 Å². The number of benzene rings is 2. The van der Waals surface area contributed by atoms with Crippen LogP contribution in [0.15, 0.2) is 48.5 Å². The Morgan fingerprint density at radius 3 is 1.25 bits per heavy atom. The first-order valence-corrected chi connectivity index (χ1v) is 15.6. The number of aryl methyl sites for hydroxylation is 2. The van der Waals surface area contributed by atoms with Crippen molar-refractivity contribution in [3.05, 3.63) is 59.7 Å². The number of hydrogen-bond acceptors (Lipinski definition) is 2. The second-order valence-corrected chi connectivity index (χ2v) is 10.9. The van der Waals surface area contributed by atoms with Crippen LogP contribution in [0.4, 0.5) is 0 Å². The van der Waals surface area contributed by atoms with Crippen molar-refractivity contribution in [3.8, 4) is 11.5 Å². The Kier molecular flexibility index (Phi) is 14.7. The highest BCUT2D eigenvalue weighted by molar-refractivity contribution is 7.00. The van der Waals surface area contributed by atoms with Crippen LogP contribution in [0.25, 0.3) is 0 Å². The van der Waals surface area contributed by atoms with Crippen molar-refractivity contribution >= 4 is 23.9 Å². The molecule has 0 spiro atoms. The molecular weight excluding hydrogens is 431 g/mol. The van der Waals surface area contributed by atoms with Crippen molar-refractivity contribution in [2.24, 2.45) is 0 Å². The van der Waals surface area contributed by atoms with Gasteiger partial charge in [-0.25, -0.2) is 0 Å². The topological polar surface area (TPSA) is 18.5 Å². The van der Waals surface area contributed by atoms with Gasteiger partial charge in [0.05, 0.1) is 11.5 Å². The Hall–Kier alpha value is -1.14. The van der Waals surface area contributed by atoms with E-state index in [1.54, 1.807) is 0 Å². The van der Waals surface area contributed by atoms with Crippen molar-refractivity contribution in [2.75, 3.05) is 0 Å². The lowest BCUT2D eigenvalue weighted by Crippen LogP contribution is -2.23. The van der Waals surface area contributed by atoms with Crippen LogP contribution in [0.3, 0.4) is 0 Å². The molecule has 0 fully saturated rings. The van der Waals surface area contributed by atoms with Gasteiger partial charge in [0, 0.05) is 0 Å². The van der Waals surface area contributed by atoms with Gasteiger partial charge in [0.2, 0.25) is 0 Å². The maximum Gasteiger partial charge on any atom is 0.999 e. The molecule has 0 saturated heterocycles. The summed E-state index contributed by atoms with van der Waals surface area (Å²) < 4.78 is 11.7. The summed E-state index contributed by atoms with van der Waals surface area (Å²) in [6, 6.07) is 16.7. The summed E-state index contributed by atoms with van der Waals surface area (Å²) in [5.74, 6) is 1.59. The molecule has 0 saturated carbocycles. The molecule has 0 amide bonds. The number of unbranched alkanes of at least 4 members (excludes halogenated alkanes) is 10. The molecule has 0 aromatic heterocycles. The Morgan fingerprint density at radius 1 is 0.531 bits per heavy atom. The molecule has 0 unspecified atom stereocenters. The summed E-state index contributed by atoms with van der Waals surface area (Å²) >= 11 is -2.29. The molecule has 2 nitrogen and oxygen atoms in total. The van der Waals surface area contributed by atoms with Crippen molar-refractivity contribution in [3.63, 3.8) is 0 Å². The zero-order chi connectivity index (χ0) is 22.9. The first-order chi connectivity index (χ1) is 15.7. The summed E-state index contributed by atoms with van der Waals surface area (Å²) in [4.78, 5) is 0. The standard InChI is InChI=1S/2C14H22O.Al.ClH/c2*1-2-3-4-5-6-7-8-13-9-11-14(15)12-10-13;;/h2*9-12,15H,2-8H2,1H3;;1H/q;;+3;/p-3. The second kappa shape index (κ2) is 17.4. The van der Waals surface area contributed by atoms with Crippen LogP contribution < -0.4 is 7.58 Å². The van der Waals surface area contributed by atoms with E-state index in [1.807, 2.05) is 24.3 Å². The number of rotatable bonds is 18. The first-order valence-electron chi connectivity index (χ1n) is 12.9. The molecule has 0 aliphatic heterocycles. The van der Waals surface area contributed by atoms with E-state index in [2.05, 4.69) is 38.1 Å². The van der Waals surface area contributed by atoms with E-state index in [-0.39, 0.29) is 0 Å². The van der Waals surface area contributed by atoms with Crippen molar-refractivity contribution in [2.45, 2.75) is 104 Å². The molecule has 0 radical (unpaired) electrons. The van der Waals surface area contributed by atoms with Gasteiger partial charge in [0.25, 0.3) is 0 Å². The largest absolute Gasteiger partial charge is 0.999 e. The Bertz CT molecular complexity index is 641. The lowest BCUT2D eigenvalue weighted by Gasteiger charge is -2.13. The Morgan fingerprint density at radius 2 is 0.875 bits per heavy atom. The molecule has 2 rings (SSSR count). The van der Waals surface area contributed by atoms with Gasteiger partial charge in [0.1, 0.15) is 0 Å². The van der Waals surface area contributed by atoms with Crippen LogP contribution in [-0.2, 0) is 12.8 Å². The van der Waals surface area contributed by atoms with Gasteiger partial charge in [-0.15, -0.1) is 0 Å². The molecule has 0 atom stereocenters. The third-order valence-corrected chi connectivity index (χ3v) is 7.39. The highest BCUT2D eigenvalue weighted by atomic mass is 35.6. The molecule has 176 valence electrons. The lowest BCUT2D eigenvalue weighted by atomic mass is 10.1. The molecule has 0 N–H and O–H groups in total. The lowest BCUT2D eigenvalue weighted by molar-refractivity contribution is 0.447. The molecule has 0 bridgehead atoms. The van der Waals surface area contributed by atoms with Crippen molar-refractivity contribution in [1.29, 1.82) is 0 Å². The summed E-state index contributed by atoms with van der Waals surface area (Å²) in [6.45, 7) is 4.52. The van der Waals surface area contributed by atoms with E-state index in [1.165, 1.54) is 88.2 Å². The average Bonchev–Trinajstić information content (AvgIpc) is 2.80. The average molecular weight is 473 g/mol. The van der Waals surface area contributed by atoms with Crippen LogP contribution in [0.2, 0.25) is 0 Å². The van der Waals surface area contributed by atoms with E-state index in [0.29, 0.717) is 0 Å². The molecule has 0 aliphatic rings. The number of halogens is 1. The number of hydrogen-bond donors (Lipinski definition) is 0. The van der Waals surface area contributed by atoms with Gasteiger partial charge < -0.3 is 7.58 Å². The van der Waals surface area contributed by atoms with E-state index in [9.17, 15) is 0 Å². The normalized spacial score (nSPS) is 10.8. The smallest absolute Gasteiger partial charge is 0.599 e. The van der Waals surface area contributed by atoms with E-state index in [0.717, 1.165) is 24.3 Å². The molecule has 0 aliphatic carbocycles. The monoisotopic (exact) mass is 472 g/mol. The van der Waals surface area contributed by atoms with E-state index in [4.69, 9.17) is 17.6 Å². The maximum atomic E-state index is 6.41. The minimum Gasteiger partial charge on any atom is -0.599 e. The third-order valence-electron chi connectivity index (χ3n) is 5.94. The third kappa shape index (κ3) is 12.2. The summed E-state index contributed by atoms with van der Waals surface area (Å²) in [6.07, 6.45) is 18.2. The quantitative estimate of drug-likeness (QED) is 0.159. The summed E-state index contributed by atoms with van der Waals surface area (Å²) in [5, 5.41) is 0. The van der Waals surface area contributed by atoms with Gasteiger partial charge in [-0.1, -0.05) is 102 Å². The van der Waals surface area contributed by atoms with E-state index < -0.39 is 13.9 Å². The summed E-state index contributed by atoms with van der Waals surface area (Å²) in [5.41, 5.74) is 2.73. The highest BCUT2D eigenvalue weighted by Gasteiger charge is 2.31. The van der Waals surface area contributed by atoms with Gasteiger partial charge in [0.15, 0.2) is 0 Å². The zero-order valence-corrected chi connectivity index (χ0v) is 22.2. The van der Waals surface area contributed by atoms with Crippen LogP contribution in [0.1, 0.15) is 102 Å². The molecule has 32 heavy (non-hydrogen) atoms. The molecular formula is C28H42AlClO2. The van der Waals surface area contributed by atoms with Crippen molar-refractivity contribution in [1.82, 2.24) is 0 Å². The Balaban J connectivity index is 1.64. The maximum absolute atomic E-state index is 6.41.